The van der Waals surface area contributed by atoms with E-state index >= 15 is 0 Å². The quantitative estimate of drug-likeness (QED) is 0.0261. The van der Waals surface area contributed by atoms with Crippen LogP contribution in [-0.2, 0) is 28.6 Å². The predicted octanol–water partition coefficient (Wildman–Crippen LogP) is 24.8. The van der Waals surface area contributed by atoms with E-state index in [1.807, 2.05) is 0 Å². The Hall–Kier alpha value is -3.15. The second-order valence-corrected chi connectivity index (χ2v) is 24.1. The highest BCUT2D eigenvalue weighted by Crippen LogP contribution is 2.18. The van der Waals surface area contributed by atoms with Gasteiger partial charge in [-0.1, -0.05) is 338 Å². The fourth-order valence-corrected chi connectivity index (χ4v) is 10.6. The lowest BCUT2D eigenvalue weighted by Gasteiger charge is -2.18. The van der Waals surface area contributed by atoms with Crippen molar-refractivity contribution in [3.63, 3.8) is 0 Å². The lowest BCUT2D eigenvalue weighted by molar-refractivity contribution is -0.167. The first kappa shape index (κ1) is 78.8. The molecule has 0 aromatic heterocycles. The highest BCUT2D eigenvalue weighted by Gasteiger charge is 2.19. The summed E-state index contributed by atoms with van der Waals surface area (Å²) in [6.07, 6.45) is 92.1. The zero-order valence-corrected chi connectivity index (χ0v) is 54.8. The molecule has 0 saturated carbocycles. The molecule has 6 nitrogen and oxygen atoms in total. The smallest absolute Gasteiger partial charge is 0.306 e. The van der Waals surface area contributed by atoms with Crippen LogP contribution in [0.2, 0.25) is 0 Å². The highest BCUT2D eigenvalue weighted by atomic mass is 16.6. The van der Waals surface area contributed by atoms with Gasteiger partial charge in [0.05, 0.1) is 0 Å². The van der Waals surface area contributed by atoms with Gasteiger partial charge in [0.1, 0.15) is 13.2 Å². The largest absolute Gasteiger partial charge is 0.462 e. The summed E-state index contributed by atoms with van der Waals surface area (Å²) in [4.78, 5) is 38.5. The van der Waals surface area contributed by atoms with E-state index in [1.54, 1.807) is 0 Å². The van der Waals surface area contributed by atoms with Crippen LogP contribution >= 0.6 is 0 Å². The molecule has 0 heterocycles. The molecular formula is C76H136O6. The lowest BCUT2D eigenvalue weighted by atomic mass is 10.0. The van der Waals surface area contributed by atoms with Gasteiger partial charge >= 0.3 is 17.9 Å². The number of rotatable bonds is 66. The molecule has 476 valence electrons. The van der Waals surface area contributed by atoms with Crippen molar-refractivity contribution in [2.45, 2.75) is 380 Å². The molecule has 0 aliphatic heterocycles. The molecular weight excluding hydrogens is 1010 g/mol. The topological polar surface area (TPSA) is 78.9 Å². The third-order valence-corrected chi connectivity index (χ3v) is 15.9. The van der Waals surface area contributed by atoms with E-state index in [1.165, 1.54) is 244 Å². The highest BCUT2D eigenvalue weighted by molar-refractivity contribution is 5.71. The van der Waals surface area contributed by atoms with Gasteiger partial charge in [-0.05, 0) is 89.9 Å². The van der Waals surface area contributed by atoms with Gasteiger partial charge in [-0.2, -0.15) is 0 Å². The van der Waals surface area contributed by atoms with Crippen molar-refractivity contribution in [3.8, 4) is 0 Å². The summed E-state index contributed by atoms with van der Waals surface area (Å²) in [6, 6.07) is 0. The number of carbonyl (C=O) groups is 3. The van der Waals surface area contributed by atoms with Crippen LogP contribution < -0.4 is 0 Å². The zero-order valence-electron chi connectivity index (χ0n) is 54.8. The number of hydrogen-bond donors (Lipinski definition) is 0. The SMILES string of the molecule is CC/C=C\C/C=C\C/C=C\C/C=C\CCCCCCCCCCCCCCCCCCC(=O)OCC(COC(=O)CCCCCCCCCCCCCCCCCC)OC(=O)CCCCCCCCCCC/C=C\C/C=C\CCCCC. The molecule has 82 heavy (non-hydrogen) atoms. The van der Waals surface area contributed by atoms with Crippen LogP contribution in [0.1, 0.15) is 374 Å². The monoisotopic (exact) mass is 1150 g/mol. The van der Waals surface area contributed by atoms with Gasteiger partial charge in [-0.15, -0.1) is 0 Å². The molecule has 0 aliphatic carbocycles. The maximum atomic E-state index is 13.0. The van der Waals surface area contributed by atoms with Crippen LogP contribution in [0.4, 0.5) is 0 Å². The van der Waals surface area contributed by atoms with Gasteiger partial charge in [0, 0.05) is 19.3 Å². The number of hydrogen-bond acceptors (Lipinski definition) is 6. The van der Waals surface area contributed by atoms with E-state index in [0.29, 0.717) is 19.3 Å². The van der Waals surface area contributed by atoms with Crippen molar-refractivity contribution in [2.75, 3.05) is 13.2 Å². The second kappa shape index (κ2) is 70.3. The van der Waals surface area contributed by atoms with Gasteiger partial charge in [-0.3, -0.25) is 14.4 Å². The Kier molecular flexibility index (Phi) is 67.6. The summed E-state index contributed by atoms with van der Waals surface area (Å²) in [5, 5.41) is 0. The molecule has 0 radical (unpaired) electrons. The van der Waals surface area contributed by atoms with Gasteiger partial charge < -0.3 is 14.2 Å². The van der Waals surface area contributed by atoms with Gasteiger partial charge in [0.15, 0.2) is 6.10 Å². The third-order valence-electron chi connectivity index (χ3n) is 15.9. The molecule has 0 rings (SSSR count). The Morgan fingerprint density at radius 3 is 0.768 bits per heavy atom. The van der Waals surface area contributed by atoms with Crippen molar-refractivity contribution in [1.29, 1.82) is 0 Å². The van der Waals surface area contributed by atoms with Gasteiger partial charge in [0.25, 0.3) is 0 Å². The van der Waals surface area contributed by atoms with E-state index in [-0.39, 0.29) is 31.1 Å². The molecule has 0 aromatic rings. The van der Waals surface area contributed by atoms with E-state index < -0.39 is 6.10 Å². The second-order valence-electron chi connectivity index (χ2n) is 24.1. The van der Waals surface area contributed by atoms with Crippen molar-refractivity contribution >= 4 is 17.9 Å². The lowest BCUT2D eigenvalue weighted by Crippen LogP contribution is -2.30. The molecule has 0 aliphatic rings. The number of unbranched alkanes of at least 4 members (excludes halogenated alkanes) is 43. The zero-order chi connectivity index (χ0) is 59.2. The average molecular weight is 1150 g/mol. The maximum absolute atomic E-state index is 13.0. The minimum absolute atomic E-state index is 0.0713. The van der Waals surface area contributed by atoms with Gasteiger partial charge in [0.2, 0.25) is 0 Å². The summed E-state index contributed by atoms with van der Waals surface area (Å²) in [5.74, 6) is -0.850. The van der Waals surface area contributed by atoms with Crippen LogP contribution in [0.3, 0.4) is 0 Å². The molecule has 0 bridgehead atoms. The normalized spacial score (nSPS) is 12.5. The van der Waals surface area contributed by atoms with Crippen molar-refractivity contribution in [3.05, 3.63) is 72.9 Å². The molecule has 6 heteroatoms. The summed E-state index contributed by atoms with van der Waals surface area (Å²) >= 11 is 0. The average Bonchev–Trinajstić information content (AvgIpc) is 3.47. The Morgan fingerprint density at radius 1 is 0.256 bits per heavy atom. The van der Waals surface area contributed by atoms with Crippen LogP contribution in [0.15, 0.2) is 72.9 Å². The number of allylic oxidation sites excluding steroid dienone is 12. The molecule has 0 N–H and O–H groups in total. The van der Waals surface area contributed by atoms with E-state index in [0.717, 1.165) is 89.9 Å². The summed E-state index contributed by atoms with van der Waals surface area (Å²) in [6.45, 7) is 6.56. The first-order valence-corrected chi connectivity index (χ1v) is 35.9. The summed E-state index contributed by atoms with van der Waals surface area (Å²) in [7, 11) is 0. The Labute approximate surface area is 510 Å². The minimum atomic E-state index is -0.776. The fraction of sp³-hybridized carbons (Fsp3) is 0.803. The molecule has 0 aromatic carbocycles. The van der Waals surface area contributed by atoms with E-state index in [2.05, 4.69) is 93.7 Å². The predicted molar refractivity (Wildman–Crippen MR) is 358 cm³/mol. The van der Waals surface area contributed by atoms with E-state index in [4.69, 9.17) is 14.2 Å². The van der Waals surface area contributed by atoms with Crippen molar-refractivity contribution < 1.29 is 28.6 Å². The molecule has 0 fully saturated rings. The Morgan fingerprint density at radius 2 is 0.476 bits per heavy atom. The Bertz CT molecular complexity index is 1500. The maximum Gasteiger partial charge on any atom is 0.306 e. The van der Waals surface area contributed by atoms with Crippen LogP contribution in [-0.4, -0.2) is 37.2 Å². The van der Waals surface area contributed by atoms with Gasteiger partial charge in [-0.25, -0.2) is 0 Å². The van der Waals surface area contributed by atoms with Crippen LogP contribution in [0, 0.1) is 0 Å². The number of esters is 3. The van der Waals surface area contributed by atoms with Crippen molar-refractivity contribution in [1.82, 2.24) is 0 Å². The molecule has 0 saturated heterocycles. The van der Waals surface area contributed by atoms with E-state index in [9.17, 15) is 14.4 Å². The van der Waals surface area contributed by atoms with Crippen LogP contribution in [0.25, 0.3) is 0 Å². The number of carbonyl (C=O) groups excluding carboxylic acids is 3. The number of ether oxygens (including phenoxy) is 3. The minimum Gasteiger partial charge on any atom is -0.462 e. The molecule has 0 spiro atoms. The first-order valence-electron chi connectivity index (χ1n) is 35.9. The fourth-order valence-electron chi connectivity index (χ4n) is 10.6. The van der Waals surface area contributed by atoms with Crippen LogP contribution in [0.5, 0.6) is 0 Å². The summed E-state index contributed by atoms with van der Waals surface area (Å²) in [5.41, 5.74) is 0. The van der Waals surface area contributed by atoms with Crippen molar-refractivity contribution in [2.24, 2.45) is 0 Å². The molecule has 1 atom stereocenters. The molecule has 0 amide bonds. The first-order chi connectivity index (χ1) is 40.5. The standard InChI is InChI=1S/C76H136O6/c1-4-7-10-13-16-19-22-25-28-31-33-34-35-36-37-38-39-40-41-42-44-45-48-51-54-57-60-63-66-69-75(78)81-72-73(71-80-74(77)68-65-62-59-56-53-50-47-30-27-24-21-18-15-12-9-6-3)82-76(79)70-67-64-61-58-55-52-49-46-43-32-29-26-23-20-17-14-11-8-5-2/h7,10,16-17,19-20,25-26,28-29,33-34,73H,4-6,8-9,11-15,18,21-24,27,30-32,35-72H2,1-3H3/b10-7-,19-16-,20-17-,28-25-,29-26-,34-33-. The third kappa shape index (κ3) is 67.6. The molecule has 1 unspecified atom stereocenters. The Balaban J connectivity index is 4.25. The summed E-state index contributed by atoms with van der Waals surface area (Å²) < 4.78 is 17.0.